The molecule has 130 valence electrons. The number of nitrogens with one attached hydrogen (secondary N) is 2. The lowest BCUT2D eigenvalue weighted by molar-refractivity contribution is -0.116. The van der Waals surface area contributed by atoms with Gasteiger partial charge in [0.1, 0.15) is 0 Å². The minimum absolute atomic E-state index is 0.0128. The number of amides is 1. The van der Waals surface area contributed by atoms with Crippen LogP contribution in [0.25, 0.3) is 22.2 Å². The monoisotopic (exact) mass is 361 g/mol. The van der Waals surface area contributed by atoms with Gasteiger partial charge in [0.25, 0.3) is 0 Å². The second kappa shape index (κ2) is 7.54. The van der Waals surface area contributed by atoms with Crippen LogP contribution >= 0.6 is 11.3 Å². The predicted octanol–water partition coefficient (Wildman–Crippen LogP) is 5.25. The first-order valence-electron chi connectivity index (χ1n) is 8.65. The molecule has 0 radical (unpaired) electrons. The van der Waals surface area contributed by atoms with Crippen molar-refractivity contribution in [3.05, 3.63) is 71.7 Å². The molecule has 2 aromatic heterocycles. The summed E-state index contributed by atoms with van der Waals surface area (Å²) >= 11 is 1.46. The highest BCUT2D eigenvalue weighted by Gasteiger charge is 2.09. The Bertz CT molecular complexity index is 1020. The van der Waals surface area contributed by atoms with Crippen molar-refractivity contribution in [2.45, 2.75) is 19.3 Å². The molecule has 0 saturated carbocycles. The van der Waals surface area contributed by atoms with Gasteiger partial charge >= 0.3 is 0 Å². The van der Waals surface area contributed by atoms with E-state index < -0.39 is 0 Å². The number of benzene rings is 2. The lowest BCUT2D eigenvalue weighted by Crippen LogP contribution is -2.11. The van der Waals surface area contributed by atoms with Crippen molar-refractivity contribution >= 4 is 33.3 Å². The number of aryl methyl sites for hydroxylation is 1. The zero-order chi connectivity index (χ0) is 17.8. The normalized spacial score (nSPS) is 10.9. The summed E-state index contributed by atoms with van der Waals surface area (Å²) in [6.07, 6.45) is 4.21. The lowest BCUT2D eigenvalue weighted by Gasteiger charge is -2.02. The molecule has 2 aromatic carbocycles. The van der Waals surface area contributed by atoms with Crippen LogP contribution in [-0.2, 0) is 11.2 Å². The Morgan fingerprint density at radius 3 is 2.77 bits per heavy atom. The van der Waals surface area contributed by atoms with Crippen molar-refractivity contribution in [1.82, 2.24) is 9.97 Å². The van der Waals surface area contributed by atoms with Crippen molar-refractivity contribution in [2.75, 3.05) is 5.32 Å². The van der Waals surface area contributed by atoms with Gasteiger partial charge in [0, 0.05) is 34.5 Å². The van der Waals surface area contributed by atoms with Crippen LogP contribution in [0.3, 0.4) is 0 Å². The van der Waals surface area contributed by atoms with E-state index in [-0.39, 0.29) is 5.91 Å². The molecule has 0 aliphatic carbocycles. The topological polar surface area (TPSA) is 57.8 Å². The third kappa shape index (κ3) is 3.68. The molecule has 5 heteroatoms. The summed E-state index contributed by atoms with van der Waals surface area (Å²) in [6.45, 7) is 0. The van der Waals surface area contributed by atoms with Gasteiger partial charge in [-0.2, -0.15) is 0 Å². The van der Waals surface area contributed by atoms with Crippen LogP contribution in [-0.4, -0.2) is 15.9 Å². The van der Waals surface area contributed by atoms with Gasteiger partial charge in [-0.25, -0.2) is 4.98 Å². The van der Waals surface area contributed by atoms with E-state index >= 15 is 0 Å². The Morgan fingerprint density at radius 1 is 1.08 bits per heavy atom. The smallest absolute Gasteiger partial charge is 0.226 e. The van der Waals surface area contributed by atoms with Crippen molar-refractivity contribution in [1.29, 1.82) is 0 Å². The van der Waals surface area contributed by atoms with Crippen LogP contribution in [0.15, 0.2) is 66.2 Å². The largest absolute Gasteiger partial charge is 0.361 e. The number of rotatable bonds is 6. The van der Waals surface area contributed by atoms with Crippen LogP contribution in [0.5, 0.6) is 0 Å². The van der Waals surface area contributed by atoms with Crippen LogP contribution in [0.2, 0.25) is 0 Å². The number of hydrogen-bond donors (Lipinski definition) is 2. The molecule has 0 aliphatic rings. The lowest BCUT2D eigenvalue weighted by atomic mass is 10.1. The Labute approximate surface area is 155 Å². The number of carbonyl (C=O) groups is 1. The number of H-pyrrole nitrogens is 1. The molecule has 2 heterocycles. The van der Waals surface area contributed by atoms with E-state index in [9.17, 15) is 4.79 Å². The molecule has 4 nitrogen and oxygen atoms in total. The van der Waals surface area contributed by atoms with Crippen LogP contribution in [0.1, 0.15) is 18.4 Å². The highest BCUT2D eigenvalue weighted by atomic mass is 32.1. The SMILES string of the molecule is O=C(CCCc1c[nH]c2ccccc12)Nc1nc(-c2ccccc2)cs1. The first-order valence-corrected chi connectivity index (χ1v) is 9.53. The van der Waals surface area contributed by atoms with Gasteiger partial charge in [-0.1, -0.05) is 48.5 Å². The number of hydrogen-bond acceptors (Lipinski definition) is 3. The summed E-state index contributed by atoms with van der Waals surface area (Å²) in [5.41, 5.74) is 4.35. The number of fused-ring (bicyclic) bond motifs is 1. The number of thiazole rings is 1. The minimum atomic E-state index is 0.0128. The van der Waals surface area contributed by atoms with E-state index in [1.54, 1.807) is 0 Å². The molecule has 0 atom stereocenters. The third-order valence-corrected chi connectivity index (χ3v) is 5.10. The molecule has 4 rings (SSSR count). The molecular weight excluding hydrogens is 342 g/mol. The summed E-state index contributed by atoms with van der Waals surface area (Å²) in [4.78, 5) is 20.0. The highest BCUT2D eigenvalue weighted by Crippen LogP contribution is 2.25. The summed E-state index contributed by atoms with van der Waals surface area (Å²) in [6, 6.07) is 18.2. The molecule has 0 spiro atoms. The quantitative estimate of drug-likeness (QED) is 0.492. The first kappa shape index (κ1) is 16.5. The number of carbonyl (C=O) groups excluding carboxylic acids is 1. The van der Waals surface area contributed by atoms with Crippen molar-refractivity contribution in [2.24, 2.45) is 0 Å². The molecule has 0 fully saturated rings. The Hall–Kier alpha value is -2.92. The number of anilines is 1. The maximum absolute atomic E-state index is 12.2. The van der Waals surface area contributed by atoms with Crippen LogP contribution < -0.4 is 5.32 Å². The van der Waals surface area contributed by atoms with Crippen LogP contribution in [0, 0.1) is 0 Å². The molecule has 0 bridgehead atoms. The Kier molecular flexibility index (Phi) is 4.80. The van der Waals surface area contributed by atoms with Crippen LogP contribution in [0.4, 0.5) is 5.13 Å². The summed E-state index contributed by atoms with van der Waals surface area (Å²) in [5.74, 6) is 0.0128. The molecule has 4 aromatic rings. The second-order valence-corrected chi connectivity index (χ2v) is 7.02. The summed E-state index contributed by atoms with van der Waals surface area (Å²) < 4.78 is 0. The molecule has 0 aliphatic heterocycles. The first-order chi connectivity index (χ1) is 12.8. The highest BCUT2D eigenvalue weighted by molar-refractivity contribution is 7.14. The fourth-order valence-electron chi connectivity index (χ4n) is 3.03. The number of aromatic nitrogens is 2. The molecule has 26 heavy (non-hydrogen) atoms. The van der Waals surface area contributed by atoms with E-state index in [0.29, 0.717) is 11.6 Å². The van der Waals surface area contributed by atoms with Crippen molar-refractivity contribution in [3.63, 3.8) is 0 Å². The number of para-hydroxylation sites is 1. The standard InChI is InChI=1S/C21H19N3OS/c25-20(12-6-9-16-13-22-18-11-5-4-10-17(16)18)24-21-23-19(14-26-21)15-7-2-1-3-8-15/h1-5,7-8,10-11,13-14,22H,6,9,12H2,(H,23,24,25). The van der Waals surface area contributed by atoms with Gasteiger partial charge in [0.05, 0.1) is 5.69 Å². The summed E-state index contributed by atoms with van der Waals surface area (Å²) in [5, 5.41) is 6.77. The zero-order valence-electron chi connectivity index (χ0n) is 14.2. The second-order valence-electron chi connectivity index (χ2n) is 6.17. The molecular formula is C21H19N3OS. The fourth-order valence-corrected chi connectivity index (χ4v) is 3.77. The molecule has 0 unspecified atom stereocenters. The van der Waals surface area contributed by atoms with Gasteiger partial charge in [-0.3, -0.25) is 4.79 Å². The molecule has 2 N–H and O–H groups in total. The van der Waals surface area contributed by atoms with E-state index in [2.05, 4.69) is 27.4 Å². The van der Waals surface area contributed by atoms with Crippen molar-refractivity contribution in [3.8, 4) is 11.3 Å². The van der Waals surface area contributed by atoms with Gasteiger partial charge in [-0.05, 0) is 24.5 Å². The van der Waals surface area contributed by atoms with E-state index in [0.717, 1.165) is 29.6 Å². The van der Waals surface area contributed by atoms with Gasteiger partial charge < -0.3 is 10.3 Å². The molecule has 1 amide bonds. The third-order valence-electron chi connectivity index (χ3n) is 4.34. The van der Waals surface area contributed by atoms with E-state index in [1.807, 2.05) is 54.0 Å². The zero-order valence-corrected chi connectivity index (χ0v) is 15.1. The Morgan fingerprint density at radius 2 is 1.88 bits per heavy atom. The van der Waals surface area contributed by atoms with E-state index in [1.165, 1.54) is 22.3 Å². The van der Waals surface area contributed by atoms with Crippen molar-refractivity contribution < 1.29 is 4.79 Å². The number of aromatic amines is 1. The number of nitrogens with zero attached hydrogens (tertiary/aromatic N) is 1. The van der Waals surface area contributed by atoms with Gasteiger partial charge in [0.2, 0.25) is 5.91 Å². The summed E-state index contributed by atoms with van der Waals surface area (Å²) in [7, 11) is 0. The van der Waals surface area contributed by atoms with Gasteiger partial charge in [0.15, 0.2) is 5.13 Å². The average molecular weight is 361 g/mol. The molecule has 0 saturated heterocycles. The Balaban J connectivity index is 1.31. The predicted molar refractivity (Wildman–Crippen MR) is 107 cm³/mol. The van der Waals surface area contributed by atoms with E-state index in [4.69, 9.17) is 0 Å². The maximum atomic E-state index is 12.2. The maximum Gasteiger partial charge on any atom is 0.226 e. The fraction of sp³-hybridized carbons (Fsp3) is 0.143. The minimum Gasteiger partial charge on any atom is -0.361 e. The van der Waals surface area contributed by atoms with Gasteiger partial charge in [-0.15, -0.1) is 11.3 Å². The average Bonchev–Trinajstić information content (AvgIpc) is 3.30.